The smallest absolute Gasteiger partial charge is 0.225 e. The van der Waals surface area contributed by atoms with Gasteiger partial charge in [0.15, 0.2) is 0 Å². The van der Waals surface area contributed by atoms with Crippen LogP contribution in [-0.4, -0.2) is 54.9 Å². The first-order valence-corrected chi connectivity index (χ1v) is 9.16. The summed E-state index contributed by atoms with van der Waals surface area (Å²) in [4.78, 5) is 14.6. The Hall–Kier alpha value is -1.59. The predicted molar refractivity (Wildman–Crippen MR) is 97.8 cm³/mol. The Labute approximate surface area is 150 Å². The largest absolute Gasteiger partial charge is 0.492 e. The molecule has 1 amide bonds. The van der Waals surface area contributed by atoms with Gasteiger partial charge in [0, 0.05) is 19.6 Å². The number of aryl methyl sites for hydroxylation is 2. The van der Waals surface area contributed by atoms with Crippen molar-refractivity contribution in [2.75, 3.05) is 26.8 Å². The molecule has 0 bridgehead atoms. The van der Waals surface area contributed by atoms with Crippen LogP contribution in [0.15, 0.2) is 18.2 Å². The second-order valence-electron chi connectivity index (χ2n) is 6.86. The number of amides is 1. The SMILES string of the molecule is CCN(CCOc1ccc(C)c(C)c1)C(=O)[C@@H]1CC[C@H](O)[C@H](OC)C1. The zero-order valence-electron chi connectivity index (χ0n) is 15.8. The Morgan fingerprint density at radius 2 is 2.04 bits per heavy atom. The van der Waals surface area contributed by atoms with Gasteiger partial charge in [-0.15, -0.1) is 0 Å². The highest BCUT2D eigenvalue weighted by Crippen LogP contribution is 2.28. The van der Waals surface area contributed by atoms with Crippen molar-refractivity contribution in [3.8, 4) is 5.75 Å². The van der Waals surface area contributed by atoms with Crippen molar-refractivity contribution in [1.29, 1.82) is 0 Å². The quantitative estimate of drug-likeness (QED) is 0.822. The van der Waals surface area contributed by atoms with Gasteiger partial charge >= 0.3 is 0 Å². The number of likely N-dealkylation sites (N-methyl/N-ethyl adjacent to an activating group) is 1. The second-order valence-corrected chi connectivity index (χ2v) is 6.86. The van der Waals surface area contributed by atoms with Crippen LogP contribution in [0.4, 0.5) is 0 Å². The summed E-state index contributed by atoms with van der Waals surface area (Å²) in [5.74, 6) is 0.905. The van der Waals surface area contributed by atoms with Crippen molar-refractivity contribution in [1.82, 2.24) is 4.90 Å². The molecule has 0 spiro atoms. The van der Waals surface area contributed by atoms with Crippen molar-refractivity contribution in [2.45, 2.75) is 52.2 Å². The topological polar surface area (TPSA) is 59.0 Å². The summed E-state index contributed by atoms with van der Waals surface area (Å²) in [5, 5.41) is 9.90. The third-order valence-corrected chi connectivity index (χ3v) is 5.21. The summed E-state index contributed by atoms with van der Waals surface area (Å²) < 4.78 is 11.1. The van der Waals surface area contributed by atoms with Gasteiger partial charge in [0.25, 0.3) is 0 Å². The highest BCUT2D eigenvalue weighted by Gasteiger charge is 2.34. The van der Waals surface area contributed by atoms with Gasteiger partial charge in [-0.05, 0) is 63.3 Å². The average Bonchev–Trinajstić information content (AvgIpc) is 2.61. The number of ether oxygens (including phenoxy) is 2. The summed E-state index contributed by atoms with van der Waals surface area (Å²) in [6, 6.07) is 6.04. The van der Waals surface area contributed by atoms with Crippen LogP contribution in [0, 0.1) is 19.8 Å². The van der Waals surface area contributed by atoms with E-state index in [-0.39, 0.29) is 17.9 Å². The van der Waals surface area contributed by atoms with Crippen LogP contribution < -0.4 is 4.74 Å². The lowest BCUT2D eigenvalue weighted by Gasteiger charge is -2.34. The van der Waals surface area contributed by atoms with E-state index in [9.17, 15) is 9.90 Å². The molecule has 25 heavy (non-hydrogen) atoms. The number of carbonyl (C=O) groups excluding carboxylic acids is 1. The Morgan fingerprint density at radius 3 is 2.68 bits per heavy atom. The molecule has 140 valence electrons. The van der Waals surface area contributed by atoms with Crippen LogP contribution in [-0.2, 0) is 9.53 Å². The maximum absolute atomic E-state index is 12.8. The highest BCUT2D eigenvalue weighted by atomic mass is 16.5. The maximum Gasteiger partial charge on any atom is 0.225 e. The predicted octanol–water partition coefficient (Wildman–Crippen LogP) is 2.71. The third kappa shape index (κ3) is 5.19. The monoisotopic (exact) mass is 349 g/mol. The molecule has 0 heterocycles. The van der Waals surface area contributed by atoms with E-state index in [1.54, 1.807) is 7.11 Å². The Kier molecular flexibility index (Phi) is 7.26. The lowest BCUT2D eigenvalue weighted by molar-refractivity contribution is -0.141. The highest BCUT2D eigenvalue weighted by molar-refractivity contribution is 5.79. The van der Waals surface area contributed by atoms with Crippen molar-refractivity contribution in [3.05, 3.63) is 29.3 Å². The van der Waals surface area contributed by atoms with Gasteiger partial charge in [-0.25, -0.2) is 0 Å². The minimum Gasteiger partial charge on any atom is -0.492 e. The first-order chi connectivity index (χ1) is 12.0. The molecule has 1 aliphatic carbocycles. The van der Waals surface area contributed by atoms with Crippen molar-refractivity contribution >= 4 is 5.91 Å². The third-order valence-electron chi connectivity index (χ3n) is 5.21. The molecule has 1 saturated carbocycles. The Bertz CT molecular complexity index is 575. The van der Waals surface area contributed by atoms with Gasteiger partial charge in [-0.1, -0.05) is 6.07 Å². The van der Waals surface area contributed by atoms with E-state index in [1.807, 2.05) is 30.0 Å². The van der Waals surface area contributed by atoms with Crippen LogP contribution >= 0.6 is 0 Å². The normalized spacial score (nSPS) is 23.3. The summed E-state index contributed by atoms with van der Waals surface area (Å²) >= 11 is 0. The fraction of sp³-hybridized carbons (Fsp3) is 0.650. The standard InChI is InChI=1S/C20H31NO4/c1-5-21(10-11-25-17-8-6-14(2)15(3)12-17)20(23)16-7-9-18(22)19(13-16)24-4/h6,8,12,16,18-19,22H,5,7,9-11,13H2,1-4H3/t16-,18+,19-/m1/s1. The molecule has 5 heteroatoms. The molecule has 0 aromatic heterocycles. The zero-order chi connectivity index (χ0) is 18.4. The van der Waals surface area contributed by atoms with Crippen LogP contribution in [0.1, 0.15) is 37.3 Å². The van der Waals surface area contributed by atoms with E-state index in [0.29, 0.717) is 39.0 Å². The van der Waals surface area contributed by atoms with E-state index in [1.165, 1.54) is 11.1 Å². The molecule has 1 aromatic carbocycles. The molecule has 0 aliphatic heterocycles. The lowest BCUT2D eigenvalue weighted by atomic mass is 9.84. The number of benzene rings is 1. The van der Waals surface area contributed by atoms with Crippen LogP contribution in [0.3, 0.4) is 0 Å². The average molecular weight is 349 g/mol. The van der Waals surface area contributed by atoms with E-state index < -0.39 is 6.10 Å². The number of nitrogens with zero attached hydrogens (tertiary/aromatic N) is 1. The minimum atomic E-state index is -0.461. The molecule has 2 rings (SSSR count). The van der Waals surface area contributed by atoms with Gasteiger partial charge in [0.1, 0.15) is 12.4 Å². The van der Waals surface area contributed by atoms with Crippen molar-refractivity contribution < 1.29 is 19.4 Å². The van der Waals surface area contributed by atoms with Gasteiger partial charge in [-0.3, -0.25) is 4.79 Å². The van der Waals surface area contributed by atoms with E-state index in [2.05, 4.69) is 13.8 Å². The van der Waals surface area contributed by atoms with Crippen molar-refractivity contribution in [2.24, 2.45) is 5.92 Å². The molecule has 0 unspecified atom stereocenters. The molecule has 1 N–H and O–H groups in total. The molecule has 5 nitrogen and oxygen atoms in total. The molecule has 0 saturated heterocycles. The number of carbonyl (C=O) groups is 1. The Balaban J connectivity index is 1.86. The van der Waals surface area contributed by atoms with Crippen molar-refractivity contribution in [3.63, 3.8) is 0 Å². The van der Waals surface area contributed by atoms with Crippen LogP contribution in [0.25, 0.3) is 0 Å². The van der Waals surface area contributed by atoms with E-state index >= 15 is 0 Å². The number of hydrogen-bond donors (Lipinski definition) is 1. The molecular weight excluding hydrogens is 318 g/mol. The number of hydrogen-bond acceptors (Lipinski definition) is 4. The van der Waals surface area contributed by atoms with Gasteiger partial charge in [-0.2, -0.15) is 0 Å². The molecule has 1 aliphatic rings. The van der Waals surface area contributed by atoms with E-state index in [0.717, 1.165) is 5.75 Å². The van der Waals surface area contributed by atoms with Gasteiger partial charge in [0.05, 0.1) is 18.8 Å². The molecule has 0 radical (unpaired) electrons. The number of rotatable bonds is 7. The molecular formula is C20H31NO4. The summed E-state index contributed by atoms with van der Waals surface area (Å²) in [6.45, 7) is 7.83. The lowest BCUT2D eigenvalue weighted by Crippen LogP contribution is -2.44. The summed E-state index contributed by atoms with van der Waals surface area (Å²) in [6.07, 6.45) is 1.22. The number of aliphatic hydroxyl groups is 1. The minimum absolute atomic E-state index is 0.0741. The Morgan fingerprint density at radius 1 is 1.28 bits per heavy atom. The fourth-order valence-electron chi connectivity index (χ4n) is 3.35. The summed E-state index contributed by atoms with van der Waals surface area (Å²) in [7, 11) is 1.59. The molecule has 3 atom stereocenters. The number of methoxy groups -OCH3 is 1. The second kappa shape index (κ2) is 9.20. The summed E-state index contributed by atoms with van der Waals surface area (Å²) in [5.41, 5.74) is 2.44. The van der Waals surface area contributed by atoms with Crippen LogP contribution in [0.5, 0.6) is 5.75 Å². The zero-order valence-corrected chi connectivity index (χ0v) is 15.8. The van der Waals surface area contributed by atoms with Gasteiger partial charge in [0.2, 0.25) is 5.91 Å². The first-order valence-electron chi connectivity index (χ1n) is 9.16. The van der Waals surface area contributed by atoms with Crippen LogP contribution in [0.2, 0.25) is 0 Å². The van der Waals surface area contributed by atoms with Gasteiger partial charge < -0.3 is 19.5 Å². The molecule has 1 fully saturated rings. The molecule has 1 aromatic rings. The fourth-order valence-corrected chi connectivity index (χ4v) is 3.35. The first kappa shape index (κ1) is 19.7. The maximum atomic E-state index is 12.8. The van der Waals surface area contributed by atoms with E-state index in [4.69, 9.17) is 9.47 Å². The number of aliphatic hydroxyl groups excluding tert-OH is 1.